The van der Waals surface area contributed by atoms with E-state index in [4.69, 9.17) is 4.74 Å². The summed E-state index contributed by atoms with van der Waals surface area (Å²) in [5.41, 5.74) is 0.581. The van der Waals surface area contributed by atoms with Crippen LogP contribution in [0.4, 0.5) is 11.4 Å². The highest BCUT2D eigenvalue weighted by atomic mass is 79.9. The van der Waals surface area contributed by atoms with Crippen molar-refractivity contribution in [3.63, 3.8) is 0 Å². The van der Waals surface area contributed by atoms with E-state index in [1.54, 1.807) is 24.3 Å². The highest BCUT2D eigenvalue weighted by Crippen LogP contribution is 2.32. The Balaban J connectivity index is 2.01. The second-order valence-electron chi connectivity index (χ2n) is 5.92. The van der Waals surface area contributed by atoms with Crippen LogP contribution in [-0.4, -0.2) is 27.3 Å². The van der Waals surface area contributed by atoms with Crippen molar-refractivity contribution >= 4 is 49.1 Å². The third-order valence-electron chi connectivity index (χ3n) is 4.07. The zero-order valence-corrected chi connectivity index (χ0v) is 16.8. The molecular formula is C18H17BrN2O5S. The third kappa shape index (κ3) is 4.14. The first-order chi connectivity index (χ1) is 12.8. The Hall–Kier alpha value is -2.39. The number of carbonyl (C=O) groups excluding carboxylic acids is 2. The van der Waals surface area contributed by atoms with Gasteiger partial charge in [-0.25, -0.2) is 8.42 Å². The van der Waals surface area contributed by atoms with Crippen LogP contribution in [0.2, 0.25) is 0 Å². The van der Waals surface area contributed by atoms with Crippen molar-refractivity contribution in [3.05, 3.63) is 46.9 Å². The van der Waals surface area contributed by atoms with E-state index in [1.807, 2.05) is 0 Å². The van der Waals surface area contributed by atoms with Gasteiger partial charge in [0.05, 0.1) is 12.8 Å². The molecule has 27 heavy (non-hydrogen) atoms. The fraction of sp³-hybridized carbons (Fsp3) is 0.222. The second kappa shape index (κ2) is 7.69. The molecule has 1 fully saturated rings. The van der Waals surface area contributed by atoms with Crippen LogP contribution in [0.1, 0.15) is 19.3 Å². The van der Waals surface area contributed by atoms with E-state index in [9.17, 15) is 18.0 Å². The van der Waals surface area contributed by atoms with Gasteiger partial charge in [0.25, 0.3) is 10.0 Å². The molecule has 0 unspecified atom stereocenters. The van der Waals surface area contributed by atoms with Crippen LogP contribution in [0.15, 0.2) is 51.8 Å². The Morgan fingerprint density at radius 2 is 1.67 bits per heavy atom. The average molecular weight is 453 g/mol. The van der Waals surface area contributed by atoms with Gasteiger partial charge in [0.2, 0.25) is 11.8 Å². The molecule has 3 rings (SSSR count). The maximum Gasteiger partial charge on any atom is 0.265 e. The van der Waals surface area contributed by atoms with Crippen LogP contribution in [0, 0.1) is 0 Å². The fourth-order valence-corrected chi connectivity index (χ4v) is 4.30. The number of anilines is 2. The minimum Gasteiger partial charge on any atom is -0.495 e. The number of piperidine rings is 1. The SMILES string of the molecule is COc1ccc(N2C(=O)CCCC2=O)cc1S(=O)(=O)Nc1ccc(Br)cc1. The Morgan fingerprint density at radius 3 is 2.26 bits per heavy atom. The van der Waals surface area contributed by atoms with E-state index in [1.165, 1.54) is 25.3 Å². The highest BCUT2D eigenvalue weighted by molar-refractivity contribution is 9.10. The number of sulfonamides is 1. The normalized spacial score (nSPS) is 15.0. The summed E-state index contributed by atoms with van der Waals surface area (Å²) >= 11 is 3.29. The number of carbonyl (C=O) groups is 2. The van der Waals surface area contributed by atoms with Crippen molar-refractivity contribution in [3.8, 4) is 5.75 Å². The summed E-state index contributed by atoms with van der Waals surface area (Å²) in [5, 5.41) is 0. The quantitative estimate of drug-likeness (QED) is 0.702. The van der Waals surface area contributed by atoms with Gasteiger partial charge in [0.15, 0.2) is 0 Å². The van der Waals surface area contributed by atoms with Crippen molar-refractivity contribution in [1.82, 2.24) is 0 Å². The number of nitrogens with one attached hydrogen (secondary N) is 1. The Kier molecular flexibility index (Phi) is 5.52. The smallest absolute Gasteiger partial charge is 0.265 e. The number of nitrogens with zero attached hydrogens (tertiary/aromatic N) is 1. The lowest BCUT2D eigenvalue weighted by molar-refractivity contribution is -0.129. The first-order valence-corrected chi connectivity index (χ1v) is 10.4. The number of halogens is 1. The molecular weight excluding hydrogens is 436 g/mol. The fourth-order valence-electron chi connectivity index (χ4n) is 2.78. The maximum absolute atomic E-state index is 12.9. The van der Waals surface area contributed by atoms with E-state index in [-0.39, 0.29) is 41.0 Å². The third-order valence-corrected chi connectivity index (χ3v) is 6.00. The number of benzene rings is 2. The summed E-state index contributed by atoms with van der Waals surface area (Å²) in [7, 11) is -2.65. The van der Waals surface area contributed by atoms with E-state index in [0.717, 1.165) is 9.37 Å². The van der Waals surface area contributed by atoms with E-state index < -0.39 is 10.0 Å². The molecule has 0 bridgehead atoms. The number of hydrogen-bond donors (Lipinski definition) is 1. The van der Waals surface area contributed by atoms with Crippen molar-refractivity contribution < 1.29 is 22.7 Å². The molecule has 0 aromatic heterocycles. The average Bonchev–Trinajstić information content (AvgIpc) is 2.63. The second-order valence-corrected chi connectivity index (χ2v) is 8.49. The molecule has 0 spiro atoms. The molecule has 1 saturated heterocycles. The zero-order chi connectivity index (χ0) is 19.6. The first-order valence-electron chi connectivity index (χ1n) is 8.14. The molecule has 1 N–H and O–H groups in total. The number of imide groups is 1. The highest BCUT2D eigenvalue weighted by Gasteiger charge is 2.29. The summed E-state index contributed by atoms with van der Waals surface area (Å²) in [6.45, 7) is 0. The summed E-state index contributed by atoms with van der Waals surface area (Å²) in [6.07, 6.45) is 0.995. The van der Waals surface area contributed by atoms with Gasteiger partial charge in [-0.1, -0.05) is 15.9 Å². The van der Waals surface area contributed by atoms with Crippen molar-refractivity contribution in [2.24, 2.45) is 0 Å². The molecule has 9 heteroatoms. The predicted molar refractivity (Wildman–Crippen MR) is 104 cm³/mol. The first kappa shape index (κ1) is 19.4. The van der Waals surface area contributed by atoms with Gasteiger partial charge in [-0.2, -0.15) is 0 Å². The lowest BCUT2D eigenvalue weighted by Crippen LogP contribution is -2.40. The molecule has 7 nitrogen and oxygen atoms in total. The van der Waals surface area contributed by atoms with Gasteiger partial charge in [-0.05, 0) is 48.9 Å². The van der Waals surface area contributed by atoms with Gasteiger partial charge in [0, 0.05) is 23.0 Å². The van der Waals surface area contributed by atoms with Gasteiger partial charge < -0.3 is 4.74 Å². The summed E-state index contributed by atoms with van der Waals surface area (Å²) in [4.78, 5) is 25.2. The minimum atomic E-state index is -4.00. The molecule has 0 saturated carbocycles. The number of amides is 2. The molecule has 1 heterocycles. The van der Waals surface area contributed by atoms with Crippen molar-refractivity contribution in [2.75, 3.05) is 16.7 Å². The topological polar surface area (TPSA) is 92.8 Å². The van der Waals surface area contributed by atoms with Gasteiger partial charge in [-0.15, -0.1) is 0 Å². The van der Waals surface area contributed by atoms with E-state index in [0.29, 0.717) is 12.1 Å². The predicted octanol–water partition coefficient (Wildman–Crippen LogP) is 3.30. The van der Waals surface area contributed by atoms with E-state index in [2.05, 4.69) is 20.7 Å². The number of rotatable bonds is 5. The molecule has 142 valence electrons. The summed E-state index contributed by atoms with van der Waals surface area (Å²) in [5.74, 6) is -0.582. The lowest BCUT2D eigenvalue weighted by Gasteiger charge is -2.25. The van der Waals surface area contributed by atoms with Gasteiger partial charge >= 0.3 is 0 Å². The van der Waals surface area contributed by atoms with Gasteiger partial charge in [-0.3, -0.25) is 19.2 Å². The summed E-state index contributed by atoms with van der Waals surface area (Å²) < 4.78 is 34.2. The zero-order valence-electron chi connectivity index (χ0n) is 14.4. The summed E-state index contributed by atoms with van der Waals surface area (Å²) in [6, 6.07) is 10.8. The molecule has 0 atom stereocenters. The van der Waals surface area contributed by atoms with Crippen LogP contribution in [0.3, 0.4) is 0 Å². The largest absolute Gasteiger partial charge is 0.495 e. The van der Waals surface area contributed by atoms with Gasteiger partial charge in [0.1, 0.15) is 10.6 Å². The lowest BCUT2D eigenvalue weighted by atomic mass is 10.1. The number of ether oxygens (including phenoxy) is 1. The molecule has 0 aliphatic carbocycles. The molecule has 2 aromatic carbocycles. The molecule has 2 amide bonds. The molecule has 2 aromatic rings. The molecule has 0 radical (unpaired) electrons. The van der Waals surface area contributed by atoms with Crippen LogP contribution in [0.25, 0.3) is 0 Å². The maximum atomic E-state index is 12.9. The number of hydrogen-bond acceptors (Lipinski definition) is 5. The van der Waals surface area contributed by atoms with Crippen molar-refractivity contribution in [1.29, 1.82) is 0 Å². The standard InChI is InChI=1S/C18H17BrN2O5S/c1-26-15-10-9-14(21-17(22)3-2-4-18(21)23)11-16(15)27(24,25)20-13-7-5-12(19)6-8-13/h5-11,20H,2-4H2,1H3. The molecule has 1 aliphatic rings. The Labute approximate surface area is 165 Å². The van der Waals surface area contributed by atoms with Crippen LogP contribution in [-0.2, 0) is 19.6 Å². The van der Waals surface area contributed by atoms with Crippen LogP contribution in [0.5, 0.6) is 5.75 Å². The van der Waals surface area contributed by atoms with Crippen LogP contribution < -0.4 is 14.4 Å². The Morgan fingerprint density at radius 1 is 1.04 bits per heavy atom. The monoisotopic (exact) mass is 452 g/mol. The van der Waals surface area contributed by atoms with Crippen LogP contribution >= 0.6 is 15.9 Å². The minimum absolute atomic E-state index is 0.111. The van der Waals surface area contributed by atoms with Crippen molar-refractivity contribution in [2.45, 2.75) is 24.2 Å². The molecule has 1 aliphatic heterocycles. The van der Waals surface area contributed by atoms with E-state index >= 15 is 0 Å². The Bertz CT molecular complexity index is 973. The number of methoxy groups -OCH3 is 1.